The highest BCUT2D eigenvalue weighted by Gasteiger charge is 2.56. The third-order valence-electron chi connectivity index (χ3n) is 17.5. The maximum absolute atomic E-state index is 13.5. The maximum Gasteiger partial charge on any atom is 0.330 e. The molecule has 80 heavy (non-hydrogen) atoms. The van der Waals surface area contributed by atoms with E-state index in [2.05, 4.69) is 0 Å². The van der Waals surface area contributed by atoms with Crippen LogP contribution in [0, 0.1) is 23.7 Å². The number of ether oxygens (including phenoxy) is 12. The second-order valence-electron chi connectivity index (χ2n) is 22.7. The number of hydrogen-bond acceptors (Lipinski definition) is 27. The van der Waals surface area contributed by atoms with Crippen molar-refractivity contribution in [2.24, 2.45) is 23.7 Å². The van der Waals surface area contributed by atoms with E-state index < -0.39 is 203 Å². The highest BCUT2D eigenvalue weighted by Crippen LogP contribution is 2.46. The zero-order valence-corrected chi connectivity index (χ0v) is 45.1. The van der Waals surface area contributed by atoms with Crippen molar-refractivity contribution < 1.29 is 133 Å². The lowest BCUT2D eigenvalue weighted by Crippen LogP contribution is -2.65. The minimum atomic E-state index is -1.99. The highest BCUT2D eigenvalue weighted by molar-refractivity contribution is 5.82. The molecule has 0 spiro atoms. The van der Waals surface area contributed by atoms with Crippen LogP contribution in [-0.4, -0.2) is 279 Å². The molecular weight excluding hydrogens is 1070 g/mol. The zero-order chi connectivity index (χ0) is 57.7. The normalized spacial score (nSPS) is 48.6. The maximum atomic E-state index is 13.5. The number of methoxy groups -OCH3 is 3. The molecule has 0 radical (unpaired) electrons. The van der Waals surface area contributed by atoms with Gasteiger partial charge in [-0.2, -0.15) is 0 Å². The van der Waals surface area contributed by atoms with E-state index in [4.69, 9.17) is 56.8 Å². The Bertz CT molecular complexity index is 2000. The quantitative estimate of drug-likeness (QED) is 0.0454. The van der Waals surface area contributed by atoms with E-state index in [0.717, 1.165) is 6.08 Å². The van der Waals surface area contributed by atoms with Crippen LogP contribution in [0.1, 0.15) is 70.6 Å². The second kappa shape index (κ2) is 28.6. The van der Waals surface area contributed by atoms with Gasteiger partial charge >= 0.3 is 11.9 Å². The standard InChI is InChI=1S/C53H84O27/c1-69-33-12-22(4-8-28(33)57)5-10-39(60)72-21-38-44(65)46(67)50(80-52-49(41(62)30(59)20-73-52)79-40(61)11-6-23-13-34(70-2)42(63)35(14-23)71-3)53(78-38)76-36-18-26-31(74-48(36)24-7-9-27(56)29(58)15-24)16-25(55)17-32(26)75-51-47(68)45(66)43(64)37(19-54)77-51/h5-6,10-11,22-38,41-59,62-68H,4,7-9,12-21H2,1-3H3. The second-order valence-corrected chi connectivity index (χ2v) is 22.7. The highest BCUT2D eigenvalue weighted by atomic mass is 16.8. The third-order valence-corrected chi connectivity index (χ3v) is 17.5. The molecule has 4 heterocycles. The van der Waals surface area contributed by atoms with Crippen molar-refractivity contribution in [2.45, 2.75) is 230 Å². The molecule has 4 saturated carbocycles. The first kappa shape index (κ1) is 63.5. The molecule has 13 N–H and O–H groups in total. The molecule has 4 saturated heterocycles. The van der Waals surface area contributed by atoms with Crippen molar-refractivity contribution in [2.75, 3.05) is 41.2 Å². The summed E-state index contributed by atoms with van der Waals surface area (Å²) < 4.78 is 71.6. The lowest BCUT2D eigenvalue weighted by atomic mass is 9.72. The molecule has 4 aliphatic heterocycles. The molecule has 0 aromatic rings. The summed E-state index contributed by atoms with van der Waals surface area (Å²) >= 11 is 0. The first-order valence-electron chi connectivity index (χ1n) is 27.9. The van der Waals surface area contributed by atoms with Crippen LogP contribution in [0.25, 0.3) is 0 Å². The molecular formula is C53H84O27. The van der Waals surface area contributed by atoms with Crippen LogP contribution in [0.4, 0.5) is 0 Å². The summed E-state index contributed by atoms with van der Waals surface area (Å²) in [5.41, 5.74) is 0. The minimum absolute atomic E-state index is 0.00922. The summed E-state index contributed by atoms with van der Waals surface area (Å²) in [7, 11) is 4.36. The number of aliphatic hydroxyl groups excluding tert-OH is 13. The molecule has 4 aliphatic carbocycles. The molecule has 8 fully saturated rings. The van der Waals surface area contributed by atoms with Gasteiger partial charge in [-0.3, -0.25) is 0 Å². The van der Waals surface area contributed by atoms with E-state index in [-0.39, 0.29) is 43.9 Å². The average molecular weight is 1150 g/mol. The largest absolute Gasteiger partial charge is 0.460 e. The molecule has 0 bridgehead atoms. The molecule has 27 heteroatoms. The molecule has 28 unspecified atom stereocenters. The smallest absolute Gasteiger partial charge is 0.330 e. The van der Waals surface area contributed by atoms with Crippen LogP contribution in [0.2, 0.25) is 0 Å². The van der Waals surface area contributed by atoms with E-state index in [1.807, 2.05) is 0 Å². The van der Waals surface area contributed by atoms with E-state index in [9.17, 15) is 76.0 Å². The topological polar surface area (TPSA) is 408 Å². The summed E-state index contributed by atoms with van der Waals surface area (Å²) in [6.07, 6.45) is -26.4. The summed E-state index contributed by atoms with van der Waals surface area (Å²) in [6.45, 7) is -1.95. The SMILES string of the molecule is COC1CC(C=CC(=O)OCC2OC(OC3CC4C(OC5OC(CO)C(O)C(O)C5O)CC(O)CC4OC3C3CCC(O)C(O)C3)C(OC3OCC(O)C(O)C3OC(=O)C=CC3CC(OC)C(O)C(OC)C3)C(O)C2O)CCC1O. The summed E-state index contributed by atoms with van der Waals surface area (Å²) in [4.78, 5) is 26.8. The summed E-state index contributed by atoms with van der Waals surface area (Å²) in [6, 6.07) is 0. The van der Waals surface area contributed by atoms with Gasteiger partial charge < -0.3 is 123 Å². The number of carbonyl (C=O) groups is 2. The number of esters is 2. The number of hydrogen-bond donors (Lipinski definition) is 13. The van der Waals surface area contributed by atoms with E-state index in [1.165, 1.54) is 33.5 Å². The van der Waals surface area contributed by atoms with Gasteiger partial charge in [-0.05, 0) is 82.0 Å². The van der Waals surface area contributed by atoms with Crippen molar-refractivity contribution in [1.29, 1.82) is 0 Å². The van der Waals surface area contributed by atoms with Gasteiger partial charge in [0.05, 0.1) is 80.4 Å². The van der Waals surface area contributed by atoms with E-state index in [0.29, 0.717) is 38.5 Å². The first-order valence-corrected chi connectivity index (χ1v) is 27.9. The number of aliphatic hydroxyl groups is 13. The Morgan fingerprint density at radius 3 is 1.82 bits per heavy atom. The first-order chi connectivity index (χ1) is 38.2. The Labute approximate surface area is 462 Å². The van der Waals surface area contributed by atoms with Crippen LogP contribution >= 0.6 is 0 Å². The van der Waals surface area contributed by atoms with Gasteiger partial charge in [-0.1, -0.05) is 12.2 Å². The number of carbonyl (C=O) groups excluding carboxylic acids is 2. The van der Waals surface area contributed by atoms with Crippen molar-refractivity contribution in [3.05, 3.63) is 24.3 Å². The van der Waals surface area contributed by atoms with E-state index >= 15 is 0 Å². The van der Waals surface area contributed by atoms with Gasteiger partial charge in [0.1, 0.15) is 73.8 Å². The monoisotopic (exact) mass is 1150 g/mol. The number of allylic oxidation sites excluding steroid dienone is 2. The van der Waals surface area contributed by atoms with Gasteiger partial charge in [0, 0.05) is 45.8 Å². The average Bonchev–Trinajstić information content (AvgIpc) is 3.47. The fourth-order valence-corrected chi connectivity index (χ4v) is 12.8. The molecule has 8 rings (SSSR count). The molecule has 0 amide bonds. The fourth-order valence-electron chi connectivity index (χ4n) is 12.8. The molecule has 0 aromatic heterocycles. The Balaban J connectivity index is 1.06. The predicted octanol–water partition coefficient (Wildman–Crippen LogP) is -4.54. The van der Waals surface area contributed by atoms with Gasteiger partial charge in [0.25, 0.3) is 0 Å². The Morgan fingerprint density at radius 1 is 0.500 bits per heavy atom. The lowest BCUT2D eigenvalue weighted by molar-refractivity contribution is -0.373. The van der Waals surface area contributed by atoms with Crippen LogP contribution < -0.4 is 0 Å². The molecule has 458 valence electrons. The molecule has 28 atom stereocenters. The zero-order valence-electron chi connectivity index (χ0n) is 45.1. The Hall–Kier alpha value is -2.50. The summed E-state index contributed by atoms with van der Waals surface area (Å²) in [5.74, 6) is -3.52. The lowest BCUT2D eigenvalue weighted by Gasteiger charge is -2.53. The van der Waals surface area contributed by atoms with Gasteiger partial charge in [-0.25, -0.2) is 9.59 Å². The van der Waals surface area contributed by atoms with Crippen molar-refractivity contribution in [3.8, 4) is 0 Å². The van der Waals surface area contributed by atoms with Crippen LogP contribution in [-0.2, 0) is 66.4 Å². The van der Waals surface area contributed by atoms with Gasteiger partial charge in [0.15, 0.2) is 25.0 Å². The predicted molar refractivity (Wildman–Crippen MR) is 266 cm³/mol. The van der Waals surface area contributed by atoms with E-state index in [1.54, 1.807) is 6.08 Å². The van der Waals surface area contributed by atoms with Crippen LogP contribution in [0.3, 0.4) is 0 Å². The van der Waals surface area contributed by atoms with Crippen LogP contribution in [0.15, 0.2) is 24.3 Å². The van der Waals surface area contributed by atoms with Crippen LogP contribution in [0.5, 0.6) is 0 Å². The third kappa shape index (κ3) is 14.9. The Morgan fingerprint density at radius 2 is 1.14 bits per heavy atom. The molecule has 27 nitrogen and oxygen atoms in total. The number of rotatable bonds is 18. The van der Waals surface area contributed by atoms with Crippen molar-refractivity contribution >= 4 is 11.9 Å². The van der Waals surface area contributed by atoms with Crippen molar-refractivity contribution in [3.63, 3.8) is 0 Å². The minimum Gasteiger partial charge on any atom is -0.460 e. The van der Waals surface area contributed by atoms with Crippen molar-refractivity contribution in [1.82, 2.24) is 0 Å². The number of fused-ring (bicyclic) bond motifs is 1. The Kier molecular flexibility index (Phi) is 22.7. The molecule has 8 aliphatic rings. The molecule has 0 aromatic carbocycles. The fraction of sp³-hybridized carbons (Fsp3) is 0.887. The summed E-state index contributed by atoms with van der Waals surface area (Å²) in [5, 5.41) is 142. The van der Waals surface area contributed by atoms with Gasteiger partial charge in [0.2, 0.25) is 0 Å². The van der Waals surface area contributed by atoms with Gasteiger partial charge in [-0.15, -0.1) is 0 Å².